The molecule has 1 aliphatic carbocycles. The molecule has 2 fully saturated rings. The van der Waals surface area contributed by atoms with Crippen molar-refractivity contribution in [2.45, 2.75) is 38.8 Å². The van der Waals surface area contributed by atoms with E-state index < -0.39 is 0 Å². The Balaban J connectivity index is 1.28. The van der Waals surface area contributed by atoms with Gasteiger partial charge in [0.2, 0.25) is 5.91 Å². The lowest BCUT2D eigenvalue weighted by Gasteiger charge is -2.43. The van der Waals surface area contributed by atoms with E-state index in [1.165, 1.54) is 5.56 Å². The van der Waals surface area contributed by atoms with Gasteiger partial charge in [0.1, 0.15) is 5.78 Å². The molecule has 1 aromatic carbocycles. The van der Waals surface area contributed by atoms with E-state index in [0.29, 0.717) is 18.3 Å². The van der Waals surface area contributed by atoms with Crippen LogP contribution in [0.2, 0.25) is 0 Å². The van der Waals surface area contributed by atoms with Crippen LogP contribution in [-0.2, 0) is 22.6 Å². The highest BCUT2D eigenvalue weighted by atomic mass is 16.2. The quantitative estimate of drug-likeness (QED) is 0.591. The number of likely N-dealkylation sites (N-methyl/N-ethyl adjacent to an activating group) is 1. The fraction of sp³-hybridized carbons (Fsp3) is 0.417. The van der Waals surface area contributed by atoms with E-state index in [2.05, 4.69) is 39.2 Å². The van der Waals surface area contributed by atoms with E-state index in [4.69, 9.17) is 0 Å². The van der Waals surface area contributed by atoms with Crippen LogP contribution >= 0.6 is 0 Å². The maximum absolute atomic E-state index is 12.1. The fourth-order valence-electron chi connectivity index (χ4n) is 4.16. The topological polar surface area (TPSA) is 70.8 Å². The van der Waals surface area contributed by atoms with Crippen molar-refractivity contribution in [2.24, 2.45) is 5.92 Å². The summed E-state index contributed by atoms with van der Waals surface area (Å²) in [6.07, 6.45) is 2.34. The summed E-state index contributed by atoms with van der Waals surface area (Å²) in [5.41, 5.74) is 4.04. The van der Waals surface area contributed by atoms with Crippen LogP contribution in [0.1, 0.15) is 31.2 Å². The minimum atomic E-state index is 0.122. The summed E-state index contributed by atoms with van der Waals surface area (Å²) in [4.78, 5) is 32.3. The Morgan fingerprint density at radius 2 is 1.84 bits per heavy atom. The van der Waals surface area contributed by atoms with E-state index in [-0.39, 0.29) is 17.6 Å². The molecule has 1 amide bonds. The van der Waals surface area contributed by atoms with Crippen molar-refractivity contribution < 1.29 is 9.59 Å². The first-order chi connectivity index (χ1) is 15.0. The fourth-order valence-corrected chi connectivity index (χ4v) is 4.16. The van der Waals surface area contributed by atoms with E-state index in [0.717, 1.165) is 49.4 Å². The monoisotopic (exact) mass is 417 g/mol. The Morgan fingerprint density at radius 3 is 2.52 bits per heavy atom. The van der Waals surface area contributed by atoms with Crippen LogP contribution in [0.3, 0.4) is 0 Å². The van der Waals surface area contributed by atoms with E-state index in [1.54, 1.807) is 6.92 Å². The number of hydrogen-bond donors (Lipinski definition) is 0. The highest BCUT2D eigenvalue weighted by Gasteiger charge is 2.31. The SMILES string of the molecule is CC(=O)N(C)C1CN(Cc2ccc(-c3cccc4nc(CC(=O)C5CC5)nn34)cc2)C1. The maximum Gasteiger partial charge on any atom is 0.219 e. The summed E-state index contributed by atoms with van der Waals surface area (Å²) in [5.74, 6) is 1.20. The second kappa shape index (κ2) is 7.89. The Morgan fingerprint density at radius 1 is 1.10 bits per heavy atom. The van der Waals surface area contributed by atoms with E-state index in [1.807, 2.05) is 34.7 Å². The zero-order chi connectivity index (χ0) is 21.5. The molecule has 0 atom stereocenters. The molecule has 1 aliphatic heterocycles. The second-order valence-corrected chi connectivity index (χ2v) is 8.80. The van der Waals surface area contributed by atoms with Gasteiger partial charge in [0.25, 0.3) is 0 Å². The van der Waals surface area contributed by atoms with Gasteiger partial charge in [-0.3, -0.25) is 14.5 Å². The molecule has 7 nitrogen and oxygen atoms in total. The molecule has 2 aromatic heterocycles. The number of aromatic nitrogens is 3. The minimum Gasteiger partial charge on any atom is -0.340 e. The van der Waals surface area contributed by atoms with Crippen molar-refractivity contribution in [2.75, 3.05) is 20.1 Å². The number of hydrogen-bond acceptors (Lipinski definition) is 5. The van der Waals surface area contributed by atoms with Gasteiger partial charge < -0.3 is 4.90 Å². The van der Waals surface area contributed by atoms with Gasteiger partial charge in [0.05, 0.1) is 18.2 Å². The summed E-state index contributed by atoms with van der Waals surface area (Å²) < 4.78 is 1.84. The first-order valence-electron chi connectivity index (χ1n) is 10.9. The smallest absolute Gasteiger partial charge is 0.219 e. The van der Waals surface area contributed by atoms with E-state index >= 15 is 0 Å². The van der Waals surface area contributed by atoms with E-state index in [9.17, 15) is 9.59 Å². The van der Waals surface area contributed by atoms with Crippen LogP contribution in [0.25, 0.3) is 16.9 Å². The Labute approximate surface area is 181 Å². The van der Waals surface area contributed by atoms with Gasteiger partial charge in [-0.05, 0) is 30.5 Å². The molecule has 1 saturated carbocycles. The van der Waals surface area contributed by atoms with Crippen LogP contribution in [0.5, 0.6) is 0 Å². The molecular weight excluding hydrogens is 390 g/mol. The zero-order valence-electron chi connectivity index (χ0n) is 18.0. The van der Waals surface area contributed by atoms with Crippen LogP contribution in [-0.4, -0.2) is 62.3 Å². The number of Topliss-reactive ketones (excluding diaryl/α,β-unsaturated/α-hetero) is 1. The summed E-state index contributed by atoms with van der Waals surface area (Å²) in [7, 11) is 1.87. The summed E-state index contributed by atoms with van der Waals surface area (Å²) >= 11 is 0. The number of likely N-dealkylation sites (tertiary alicyclic amines) is 1. The summed E-state index contributed by atoms with van der Waals surface area (Å²) in [6.45, 7) is 4.32. The molecule has 7 heteroatoms. The van der Waals surface area contributed by atoms with Crippen LogP contribution < -0.4 is 0 Å². The average Bonchev–Trinajstić information content (AvgIpc) is 3.50. The van der Waals surface area contributed by atoms with Gasteiger partial charge in [-0.1, -0.05) is 30.3 Å². The third-order valence-corrected chi connectivity index (χ3v) is 6.41. The van der Waals surface area contributed by atoms with Gasteiger partial charge in [0.15, 0.2) is 11.5 Å². The minimum absolute atomic E-state index is 0.122. The predicted molar refractivity (Wildman–Crippen MR) is 117 cm³/mol. The number of pyridine rings is 1. The van der Waals surface area contributed by atoms with Gasteiger partial charge in [0, 0.05) is 45.1 Å². The molecule has 2 aliphatic rings. The molecule has 0 bridgehead atoms. The largest absolute Gasteiger partial charge is 0.340 e. The second-order valence-electron chi connectivity index (χ2n) is 8.80. The molecule has 5 rings (SSSR count). The van der Waals surface area contributed by atoms with Gasteiger partial charge in [-0.2, -0.15) is 5.10 Å². The number of nitrogens with zero attached hydrogens (tertiary/aromatic N) is 5. The number of carbonyl (C=O) groups is 2. The van der Waals surface area contributed by atoms with Crippen LogP contribution in [0.15, 0.2) is 42.5 Å². The number of amides is 1. The number of carbonyl (C=O) groups excluding carboxylic acids is 2. The normalized spacial score (nSPS) is 17.0. The van der Waals surface area contributed by atoms with Gasteiger partial charge >= 0.3 is 0 Å². The van der Waals surface area contributed by atoms with Crippen molar-refractivity contribution in [1.29, 1.82) is 0 Å². The maximum atomic E-state index is 12.1. The number of fused-ring (bicyclic) bond motifs is 1. The molecule has 0 spiro atoms. The van der Waals surface area contributed by atoms with Gasteiger partial charge in [-0.15, -0.1) is 0 Å². The lowest BCUT2D eigenvalue weighted by Crippen LogP contribution is -2.58. The van der Waals surface area contributed by atoms with Crippen molar-refractivity contribution in [1.82, 2.24) is 24.4 Å². The highest BCUT2D eigenvalue weighted by Crippen LogP contribution is 2.31. The molecular formula is C24H27N5O2. The zero-order valence-corrected chi connectivity index (χ0v) is 18.0. The summed E-state index contributed by atoms with van der Waals surface area (Å²) in [6, 6.07) is 14.8. The Bertz CT molecular complexity index is 1130. The molecule has 3 aromatic rings. The molecule has 0 radical (unpaired) electrons. The highest BCUT2D eigenvalue weighted by molar-refractivity contribution is 5.84. The lowest BCUT2D eigenvalue weighted by molar-refractivity contribution is -0.133. The average molecular weight is 418 g/mol. The number of ketones is 1. The third kappa shape index (κ3) is 4.10. The molecule has 160 valence electrons. The van der Waals surface area contributed by atoms with Crippen molar-refractivity contribution >= 4 is 17.3 Å². The lowest BCUT2D eigenvalue weighted by atomic mass is 10.0. The molecule has 3 heterocycles. The van der Waals surface area contributed by atoms with Crippen LogP contribution in [0, 0.1) is 5.92 Å². The van der Waals surface area contributed by atoms with Crippen molar-refractivity contribution in [3.8, 4) is 11.3 Å². The molecule has 31 heavy (non-hydrogen) atoms. The third-order valence-electron chi connectivity index (χ3n) is 6.41. The predicted octanol–water partition coefficient (Wildman–Crippen LogP) is 2.58. The Hall–Kier alpha value is -3.06. The first-order valence-corrected chi connectivity index (χ1v) is 10.9. The molecule has 0 unspecified atom stereocenters. The Kier molecular flexibility index (Phi) is 5.06. The summed E-state index contributed by atoms with van der Waals surface area (Å²) in [5, 5.41) is 4.62. The number of rotatable bonds is 7. The van der Waals surface area contributed by atoms with Crippen molar-refractivity contribution in [3.63, 3.8) is 0 Å². The molecule has 1 saturated heterocycles. The number of benzene rings is 1. The standard InChI is InChI=1S/C24H27N5O2/c1-16(30)27(2)20-14-28(15-20)13-17-6-8-18(9-7-17)21-4-3-5-24-25-23(26-29(21)24)12-22(31)19-10-11-19/h3-9,19-20H,10-15H2,1-2H3. The van der Waals surface area contributed by atoms with Crippen molar-refractivity contribution in [3.05, 3.63) is 53.9 Å². The first kappa shape index (κ1) is 19.9. The molecule has 0 N–H and O–H groups in total. The van der Waals surface area contributed by atoms with Gasteiger partial charge in [-0.25, -0.2) is 9.50 Å². The van der Waals surface area contributed by atoms with Crippen LogP contribution in [0.4, 0.5) is 0 Å².